The fourth-order valence-corrected chi connectivity index (χ4v) is 2.12. The average molecular weight is 291 g/mol. The molecule has 0 aliphatic carbocycles. The monoisotopic (exact) mass is 291 g/mol. The van der Waals surface area contributed by atoms with Gasteiger partial charge in [0.2, 0.25) is 5.88 Å². The van der Waals surface area contributed by atoms with Crippen LogP contribution in [0.25, 0.3) is 11.5 Å². The van der Waals surface area contributed by atoms with Gasteiger partial charge in [0.15, 0.2) is 11.5 Å². The fraction of sp³-hybridized carbons (Fsp3) is 0.467. The summed E-state index contributed by atoms with van der Waals surface area (Å²) in [6.45, 7) is 2.79. The largest absolute Gasteiger partial charge is 0.463 e. The topological polar surface area (TPSA) is 94.3 Å². The Hall–Kier alpha value is -2.24. The van der Waals surface area contributed by atoms with Crippen molar-refractivity contribution in [3.05, 3.63) is 24.0 Å². The third-order valence-electron chi connectivity index (χ3n) is 3.27. The van der Waals surface area contributed by atoms with E-state index in [9.17, 15) is 4.79 Å². The van der Waals surface area contributed by atoms with Crippen molar-refractivity contribution in [3.63, 3.8) is 0 Å². The van der Waals surface area contributed by atoms with E-state index in [1.807, 2.05) is 0 Å². The predicted octanol–water partition coefficient (Wildman–Crippen LogP) is 3.22. The highest BCUT2D eigenvalue weighted by Crippen LogP contribution is 2.27. The molecule has 0 aliphatic heterocycles. The Morgan fingerprint density at radius 2 is 2.14 bits per heavy atom. The standard InChI is InChI=1S/C15H21N3O3/c1-2-3-4-5-6-9-17-15(19)12-13(18-21-14(12)16)11-8-7-10-20-11/h7-8,10H,2-6,9,16H2,1H3,(H,17,19). The second kappa shape index (κ2) is 7.52. The minimum absolute atomic E-state index is 0.00452. The molecule has 21 heavy (non-hydrogen) atoms. The third kappa shape index (κ3) is 3.87. The van der Waals surface area contributed by atoms with Gasteiger partial charge in [-0.1, -0.05) is 37.8 Å². The molecular formula is C15H21N3O3. The first-order valence-corrected chi connectivity index (χ1v) is 7.31. The van der Waals surface area contributed by atoms with E-state index in [0.29, 0.717) is 18.0 Å². The number of unbranched alkanes of at least 4 members (excludes halogenated alkanes) is 4. The molecule has 0 aliphatic rings. The van der Waals surface area contributed by atoms with Crippen LogP contribution in [0.3, 0.4) is 0 Å². The number of furan rings is 1. The molecule has 2 aromatic rings. The molecule has 2 heterocycles. The molecule has 0 aromatic carbocycles. The summed E-state index contributed by atoms with van der Waals surface area (Å²) in [6.07, 6.45) is 7.20. The number of hydrogen-bond acceptors (Lipinski definition) is 5. The van der Waals surface area contributed by atoms with Crippen LogP contribution >= 0.6 is 0 Å². The number of aromatic nitrogens is 1. The summed E-state index contributed by atoms with van der Waals surface area (Å²) < 4.78 is 10.1. The second-order valence-electron chi connectivity index (χ2n) is 4.92. The maximum Gasteiger partial charge on any atom is 0.259 e. The van der Waals surface area contributed by atoms with Crippen molar-refractivity contribution < 1.29 is 13.7 Å². The molecule has 0 saturated carbocycles. The van der Waals surface area contributed by atoms with Gasteiger partial charge >= 0.3 is 0 Å². The Kier molecular flexibility index (Phi) is 5.43. The van der Waals surface area contributed by atoms with E-state index in [1.54, 1.807) is 12.1 Å². The van der Waals surface area contributed by atoms with Crippen molar-refractivity contribution in [1.29, 1.82) is 0 Å². The van der Waals surface area contributed by atoms with Gasteiger partial charge in [0.1, 0.15) is 5.56 Å². The number of nitrogens with zero attached hydrogens (tertiary/aromatic N) is 1. The zero-order chi connectivity index (χ0) is 15.1. The molecule has 2 aromatic heterocycles. The highest BCUT2D eigenvalue weighted by molar-refractivity contribution is 6.03. The van der Waals surface area contributed by atoms with Crippen LogP contribution in [0, 0.1) is 0 Å². The van der Waals surface area contributed by atoms with Gasteiger partial charge in [-0.3, -0.25) is 4.79 Å². The molecule has 0 bridgehead atoms. The molecule has 0 spiro atoms. The normalized spacial score (nSPS) is 10.7. The zero-order valence-electron chi connectivity index (χ0n) is 12.2. The lowest BCUT2D eigenvalue weighted by atomic mass is 10.1. The molecule has 0 fully saturated rings. The number of hydrogen-bond donors (Lipinski definition) is 2. The lowest BCUT2D eigenvalue weighted by Gasteiger charge is -2.04. The van der Waals surface area contributed by atoms with Crippen LogP contribution in [-0.2, 0) is 0 Å². The summed E-state index contributed by atoms with van der Waals surface area (Å²) in [5.41, 5.74) is 6.26. The van der Waals surface area contributed by atoms with E-state index in [4.69, 9.17) is 14.7 Å². The molecule has 2 rings (SSSR count). The lowest BCUT2D eigenvalue weighted by molar-refractivity contribution is 0.0954. The summed E-state index contributed by atoms with van der Waals surface area (Å²) >= 11 is 0. The van der Waals surface area contributed by atoms with Crippen LogP contribution in [0.15, 0.2) is 27.3 Å². The van der Waals surface area contributed by atoms with Crippen LogP contribution in [0.5, 0.6) is 0 Å². The summed E-state index contributed by atoms with van der Waals surface area (Å²) in [7, 11) is 0. The number of carbonyl (C=O) groups excluding carboxylic acids is 1. The van der Waals surface area contributed by atoms with E-state index in [0.717, 1.165) is 12.8 Å². The van der Waals surface area contributed by atoms with E-state index >= 15 is 0 Å². The Morgan fingerprint density at radius 1 is 1.33 bits per heavy atom. The molecule has 6 heteroatoms. The molecule has 1 amide bonds. The summed E-state index contributed by atoms with van der Waals surface area (Å²) in [5.74, 6) is 0.184. The average Bonchev–Trinajstić information content (AvgIpc) is 3.11. The maximum absolute atomic E-state index is 12.2. The maximum atomic E-state index is 12.2. The molecule has 0 atom stereocenters. The van der Waals surface area contributed by atoms with Crippen molar-refractivity contribution in [3.8, 4) is 11.5 Å². The number of carbonyl (C=O) groups is 1. The van der Waals surface area contributed by atoms with E-state index in [2.05, 4.69) is 17.4 Å². The lowest BCUT2D eigenvalue weighted by Crippen LogP contribution is -2.25. The Balaban J connectivity index is 1.92. The fourth-order valence-electron chi connectivity index (χ4n) is 2.12. The van der Waals surface area contributed by atoms with Gasteiger partial charge in [-0.25, -0.2) is 0 Å². The number of rotatable bonds is 8. The number of nitrogen functional groups attached to an aromatic ring is 1. The number of amides is 1. The quantitative estimate of drug-likeness (QED) is 0.728. The van der Waals surface area contributed by atoms with Gasteiger partial charge in [-0.05, 0) is 18.6 Å². The first-order valence-electron chi connectivity index (χ1n) is 7.31. The molecule has 0 saturated heterocycles. The molecule has 3 N–H and O–H groups in total. The Labute approximate surface area is 123 Å². The summed E-state index contributed by atoms with van der Waals surface area (Å²) in [6, 6.07) is 3.43. The summed E-state index contributed by atoms with van der Waals surface area (Å²) in [4.78, 5) is 12.2. The zero-order valence-corrected chi connectivity index (χ0v) is 12.2. The number of anilines is 1. The van der Waals surface area contributed by atoms with Crippen LogP contribution < -0.4 is 11.1 Å². The molecule has 114 valence electrons. The minimum atomic E-state index is -0.282. The van der Waals surface area contributed by atoms with Crippen LogP contribution in [0.2, 0.25) is 0 Å². The number of nitrogens with one attached hydrogen (secondary N) is 1. The van der Waals surface area contributed by atoms with Crippen molar-refractivity contribution >= 4 is 11.8 Å². The van der Waals surface area contributed by atoms with Gasteiger partial charge in [0, 0.05) is 6.54 Å². The molecule has 6 nitrogen and oxygen atoms in total. The van der Waals surface area contributed by atoms with Crippen molar-refractivity contribution in [2.75, 3.05) is 12.3 Å². The highest BCUT2D eigenvalue weighted by Gasteiger charge is 2.23. The van der Waals surface area contributed by atoms with Gasteiger partial charge in [-0.15, -0.1) is 0 Å². The van der Waals surface area contributed by atoms with Crippen LogP contribution in [0.4, 0.5) is 5.88 Å². The number of nitrogens with two attached hydrogens (primary N) is 1. The van der Waals surface area contributed by atoms with E-state index < -0.39 is 0 Å². The summed E-state index contributed by atoms with van der Waals surface area (Å²) in [5, 5.41) is 6.64. The van der Waals surface area contributed by atoms with Gasteiger partial charge in [-0.2, -0.15) is 0 Å². The minimum Gasteiger partial charge on any atom is -0.463 e. The van der Waals surface area contributed by atoms with Crippen LogP contribution in [-0.4, -0.2) is 17.6 Å². The SMILES string of the molecule is CCCCCCCNC(=O)c1c(-c2ccco2)noc1N. The van der Waals surface area contributed by atoms with E-state index in [-0.39, 0.29) is 17.4 Å². The highest BCUT2D eigenvalue weighted by atomic mass is 16.5. The molecule has 0 unspecified atom stereocenters. The Morgan fingerprint density at radius 3 is 2.86 bits per heavy atom. The van der Waals surface area contributed by atoms with Crippen molar-refractivity contribution in [2.45, 2.75) is 39.0 Å². The smallest absolute Gasteiger partial charge is 0.259 e. The van der Waals surface area contributed by atoms with Gasteiger partial charge in [0.05, 0.1) is 6.26 Å². The molecule has 0 radical (unpaired) electrons. The first kappa shape index (κ1) is 15.2. The third-order valence-corrected chi connectivity index (χ3v) is 3.27. The van der Waals surface area contributed by atoms with Crippen molar-refractivity contribution in [1.82, 2.24) is 10.5 Å². The van der Waals surface area contributed by atoms with Crippen LogP contribution in [0.1, 0.15) is 49.4 Å². The van der Waals surface area contributed by atoms with Crippen molar-refractivity contribution in [2.24, 2.45) is 0 Å². The first-order chi connectivity index (χ1) is 10.2. The predicted molar refractivity (Wildman–Crippen MR) is 79.7 cm³/mol. The molecular weight excluding hydrogens is 270 g/mol. The second-order valence-corrected chi connectivity index (χ2v) is 4.92. The van der Waals surface area contributed by atoms with Gasteiger partial charge in [0.25, 0.3) is 5.91 Å². The van der Waals surface area contributed by atoms with Gasteiger partial charge < -0.3 is 20.0 Å². The Bertz CT molecular complexity index is 561. The van der Waals surface area contributed by atoms with E-state index in [1.165, 1.54) is 25.5 Å².